The van der Waals surface area contributed by atoms with E-state index in [1.54, 1.807) is 6.07 Å². The molecule has 14 heavy (non-hydrogen) atoms. The Hall–Kier alpha value is -0.870. The molecule has 0 amide bonds. The quantitative estimate of drug-likeness (QED) is 0.752. The van der Waals surface area contributed by atoms with Crippen LogP contribution in [-0.4, -0.2) is 36.4 Å². The number of anilines is 1. The Kier molecular flexibility index (Phi) is 3.16. The summed E-state index contributed by atoms with van der Waals surface area (Å²) in [4.78, 5) is 2.23. The van der Waals surface area contributed by atoms with Crippen LogP contribution in [0.4, 0.5) is 5.82 Å². The zero-order chi connectivity index (χ0) is 9.80. The fourth-order valence-electron chi connectivity index (χ4n) is 1.55. The third-order valence-electron chi connectivity index (χ3n) is 2.28. The minimum Gasteiger partial charge on any atom is -0.354 e. The molecule has 1 aliphatic heterocycles. The number of halogens is 1. The summed E-state index contributed by atoms with van der Waals surface area (Å²) in [5.74, 6) is 0.915. The minimum atomic E-state index is 0.446. The van der Waals surface area contributed by atoms with Gasteiger partial charge < -0.3 is 10.2 Å². The van der Waals surface area contributed by atoms with Crippen molar-refractivity contribution in [1.29, 1.82) is 0 Å². The van der Waals surface area contributed by atoms with Crippen molar-refractivity contribution in [1.82, 2.24) is 15.5 Å². The van der Waals surface area contributed by atoms with Crippen LogP contribution in [-0.2, 0) is 0 Å². The minimum absolute atomic E-state index is 0.446. The van der Waals surface area contributed by atoms with E-state index in [0.29, 0.717) is 5.15 Å². The Bertz CT molecular complexity index is 279. The SMILES string of the molecule is Clc1ccc(N2CCCNCC2)nn1. The molecule has 0 atom stereocenters. The van der Waals surface area contributed by atoms with E-state index < -0.39 is 0 Å². The Balaban J connectivity index is 2.08. The van der Waals surface area contributed by atoms with Gasteiger partial charge in [0.2, 0.25) is 0 Å². The normalized spacial score (nSPS) is 17.9. The summed E-state index contributed by atoms with van der Waals surface area (Å²) < 4.78 is 0. The van der Waals surface area contributed by atoms with Crippen molar-refractivity contribution in [3.63, 3.8) is 0 Å². The molecule has 1 aliphatic rings. The first-order valence-corrected chi connectivity index (χ1v) is 5.19. The van der Waals surface area contributed by atoms with Gasteiger partial charge in [-0.3, -0.25) is 0 Å². The second kappa shape index (κ2) is 4.57. The maximum atomic E-state index is 5.68. The lowest BCUT2D eigenvalue weighted by atomic mass is 10.4. The number of nitrogens with zero attached hydrogens (tertiary/aromatic N) is 3. The van der Waals surface area contributed by atoms with Gasteiger partial charge in [0.25, 0.3) is 0 Å². The largest absolute Gasteiger partial charge is 0.354 e. The highest BCUT2D eigenvalue weighted by atomic mass is 35.5. The molecule has 5 heteroatoms. The molecule has 0 aromatic carbocycles. The summed E-state index contributed by atoms with van der Waals surface area (Å²) in [7, 11) is 0. The molecular weight excluding hydrogens is 200 g/mol. The molecule has 1 saturated heterocycles. The van der Waals surface area contributed by atoms with Gasteiger partial charge in [-0.05, 0) is 25.1 Å². The molecule has 0 spiro atoms. The van der Waals surface area contributed by atoms with Crippen molar-refractivity contribution < 1.29 is 0 Å². The summed E-state index contributed by atoms with van der Waals surface area (Å²) in [6.07, 6.45) is 1.14. The van der Waals surface area contributed by atoms with E-state index in [-0.39, 0.29) is 0 Å². The molecule has 0 unspecified atom stereocenters. The van der Waals surface area contributed by atoms with Crippen LogP contribution in [0.1, 0.15) is 6.42 Å². The van der Waals surface area contributed by atoms with Gasteiger partial charge in [-0.15, -0.1) is 10.2 Å². The van der Waals surface area contributed by atoms with E-state index in [9.17, 15) is 0 Å². The van der Waals surface area contributed by atoms with Crippen molar-refractivity contribution in [2.24, 2.45) is 0 Å². The van der Waals surface area contributed by atoms with E-state index >= 15 is 0 Å². The zero-order valence-electron chi connectivity index (χ0n) is 7.91. The van der Waals surface area contributed by atoms with Gasteiger partial charge in [0, 0.05) is 19.6 Å². The Morgan fingerprint density at radius 2 is 2.14 bits per heavy atom. The number of hydrogen-bond acceptors (Lipinski definition) is 4. The smallest absolute Gasteiger partial charge is 0.151 e. The first-order valence-electron chi connectivity index (χ1n) is 4.81. The number of rotatable bonds is 1. The van der Waals surface area contributed by atoms with Gasteiger partial charge in [0.1, 0.15) is 0 Å². The lowest BCUT2D eigenvalue weighted by molar-refractivity contribution is 0.724. The molecular formula is C9H13ClN4. The second-order valence-corrected chi connectivity index (χ2v) is 3.69. The maximum Gasteiger partial charge on any atom is 0.151 e. The Morgan fingerprint density at radius 3 is 2.93 bits per heavy atom. The zero-order valence-corrected chi connectivity index (χ0v) is 8.67. The lowest BCUT2D eigenvalue weighted by Gasteiger charge is -2.19. The van der Waals surface area contributed by atoms with E-state index in [0.717, 1.165) is 38.4 Å². The molecule has 1 aromatic rings. The first-order chi connectivity index (χ1) is 6.86. The summed E-state index contributed by atoms with van der Waals surface area (Å²) in [5.41, 5.74) is 0. The van der Waals surface area contributed by atoms with Gasteiger partial charge in [-0.25, -0.2) is 0 Å². The van der Waals surface area contributed by atoms with Crippen LogP contribution in [0, 0.1) is 0 Å². The highest BCUT2D eigenvalue weighted by Crippen LogP contribution is 2.12. The highest BCUT2D eigenvalue weighted by molar-refractivity contribution is 6.29. The van der Waals surface area contributed by atoms with Crippen LogP contribution in [0.15, 0.2) is 12.1 Å². The van der Waals surface area contributed by atoms with Crippen molar-refractivity contribution in [2.75, 3.05) is 31.1 Å². The van der Waals surface area contributed by atoms with Gasteiger partial charge in [0.15, 0.2) is 11.0 Å². The van der Waals surface area contributed by atoms with Crippen molar-refractivity contribution in [3.8, 4) is 0 Å². The molecule has 76 valence electrons. The van der Waals surface area contributed by atoms with Crippen LogP contribution >= 0.6 is 11.6 Å². The van der Waals surface area contributed by atoms with Gasteiger partial charge in [-0.2, -0.15) is 0 Å². The maximum absolute atomic E-state index is 5.68. The number of hydrogen-bond donors (Lipinski definition) is 1. The van der Waals surface area contributed by atoms with E-state index in [2.05, 4.69) is 20.4 Å². The predicted octanol–water partition coefficient (Wildman–Crippen LogP) is 0.930. The van der Waals surface area contributed by atoms with E-state index in [4.69, 9.17) is 11.6 Å². The number of nitrogens with one attached hydrogen (secondary N) is 1. The van der Waals surface area contributed by atoms with Crippen LogP contribution in [0.2, 0.25) is 5.15 Å². The molecule has 1 aromatic heterocycles. The third kappa shape index (κ3) is 2.33. The van der Waals surface area contributed by atoms with Crippen molar-refractivity contribution in [3.05, 3.63) is 17.3 Å². The average Bonchev–Trinajstić information content (AvgIpc) is 2.47. The summed E-state index contributed by atoms with van der Waals surface area (Å²) >= 11 is 5.68. The molecule has 1 fully saturated rings. The molecule has 2 heterocycles. The lowest BCUT2D eigenvalue weighted by Crippen LogP contribution is -2.28. The average molecular weight is 213 g/mol. The topological polar surface area (TPSA) is 41.0 Å². The number of aromatic nitrogens is 2. The molecule has 1 N–H and O–H groups in total. The van der Waals surface area contributed by atoms with E-state index in [1.165, 1.54) is 0 Å². The van der Waals surface area contributed by atoms with Gasteiger partial charge in [-0.1, -0.05) is 11.6 Å². The highest BCUT2D eigenvalue weighted by Gasteiger charge is 2.10. The Morgan fingerprint density at radius 1 is 1.21 bits per heavy atom. The Labute approximate surface area is 88.3 Å². The van der Waals surface area contributed by atoms with Crippen LogP contribution in [0.3, 0.4) is 0 Å². The molecule has 0 aliphatic carbocycles. The standard InChI is InChI=1S/C9H13ClN4/c10-8-2-3-9(13-12-8)14-6-1-4-11-5-7-14/h2-3,11H,1,4-7H2. The van der Waals surface area contributed by atoms with E-state index in [1.807, 2.05) is 6.07 Å². The van der Waals surface area contributed by atoms with Gasteiger partial charge >= 0.3 is 0 Å². The van der Waals surface area contributed by atoms with Crippen LogP contribution in [0.5, 0.6) is 0 Å². The monoisotopic (exact) mass is 212 g/mol. The predicted molar refractivity (Wildman–Crippen MR) is 56.7 cm³/mol. The van der Waals surface area contributed by atoms with Crippen molar-refractivity contribution >= 4 is 17.4 Å². The molecule has 0 radical (unpaired) electrons. The first kappa shape index (κ1) is 9.68. The van der Waals surface area contributed by atoms with Gasteiger partial charge in [0.05, 0.1) is 0 Å². The summed E-state index contributed by atoms with van der Waals surface area (Å²) in [5, 5.41) is 11.7. The molecule has 0 saturated carbocycles. The summed E-state index contributed by atoms with van der Waals surface area (Å²) in [6.45, 7) is 4.10. The molecule has 2 rings (SSSR count). The van der Waals surface area contributed by atoms with Crippen LogP contribution in [0.25, 0.3) is 0 Å². The fraction of sp³-hybridized carbons (Fsp3) is 0.556. The van der Waals surface area contributed by atoms with Crippen LogP contribution < -0.4 is 10.2 Å². The molecule has 0 bridgehead atoms. The summed E-state index contributed by atoms with van der Waals surface area (Å²) in [6, 6.07) is 3.70. The van der Waals surface area contributed by atoms with Crippen molar-refractivity contribution in [2.45, 2.75) is 6.42 Å². The molecule has 4 nitrogen and oxygen atoms in total. The fourth-order valence-corrected chi connectivity index (χ4v) is 1.65. The second-order valence-electron chi connectivity index (χ2n) is 3.30. The third-order valence-corrected chi connectivity index (χ3v) is 2.48.